The maximum absolute atomic E-state index is 12.2. The normalized spacial score (nSPS) is 10.7. The van der Waals surface area contributed by atoms with E-state index in [4.69, 9.17) is 4.74 Å². The minimum absolute atomic E-state index is 0.0837. The lowest BCUT2D eigenvalue weighted by molar-refractivity contribution is -0.384. The van der Waals surface area contributed by atoms with E-state index in [9.17, 15) is 14.9 Å². The fourth-order valence-corrected chi connectivity index (χ4v) is 3.25. The second-order valence-electron chi connectivity index (χ2n) is 5.42. The number of anilines is 1. The molecule has 0 saturated heterocycles. The van der Waals surface area contributed by atoms with E-state index in [0.717, 1.165) is 11.0 Å². The number of carbonyl (C=O) groups excluding carboxylic acids is 1. The Hall–Kier alpha value is -3.07. The van der Waals surface area contributed by atoms with Crippen LogP contribution in [-0.4, -0.2) is 33.2 Å². The number of nitro benzene ring substituents is 1. The van der Waals surface area contributed by atoms with Gasteiger partial charge in [-0.2, -0.15) is 0 Å². The number of benzene rings is 2. The number of hydrogen-bond acceptors (Lipinski definition) is 6. The molecule has 9 heteroatoms. The summed E-state index contributed by atoms with van der Waals surface area (Å²) in [6.07, 6.45) is 0. The summed E-state index contributed by atoms with van der Waals surface area (Å²) >= 11 is 1.27. The number of rotatable bonds is 6. The van der Waals surface area contributed by atoms with Crippen molar-refractivity contribution in [2.45, 2.75) is 5.16 Å². The molecule has 1 amide bonds. The van der Waals surface area contributed by atoms with Gasteiger partial charge < -0.3 is 14.6 Å². The van der Waals surface area contributed by atoms with E-state index in [0.29, 0.717) is 10.9 Å². The average molecular weight is 372 g/mol. The van der Waals surface area contributed by atoms with E-state index >= 15 is 0 Å². The SMILES string of the molecule is COc1ccc(NC(=O)CSc2nc3ccccc3n2C)c([N+](=O)[O-])c1. The van der Waals surface area contributed by atoms with Gasteiger partial charge in [0.25, 0.3) is 5.69 Å². The number of hydrogen-bond donors (Lipinski definition) is 1. The predicted molar refractivity (Wildman–Crippen MR) is 99.7 cm³/mol. The second kappa shape index (κ2) is 7.44. The Bertz CT molecular complexity index is 986. The van der Waals surface area contributed by atoms with Crippen LogP contribution in [0.4, 0.5) is 11.4 Å². The van der Waals surface area contributed by atoms with E-state index in [1.54, 1.807) is 6.07 Å². The molecular formula is C17H16N4O4S. The standard InChI is InChI=1S/C17H16N4O4S/c1-20-14-6-4-3-5-12(14)19-17(20)26-10-16(22)18-13-8-7-11(25-2)9-15(13)21(23)24/h3-9H,10H2,1-2H3,(H,18,22). The zero-order chi connectivity index (χ0) is 18.7. The molecule has 3 aromatic rings. The number of amides is 1. The van der Waals surface area contributed by atoms with Crippen LogP contribution in [0.2, 0.25) is 0 Å². The van der Waals surface area contributed by atoms with Gasteiger partial charge in [-0.3, -0.25) is 14.9 Å². The van der Waals surface area contributed by atoms with Crippen LogP contribution < -0.4 is 10.1 Å². The van der Waals surface area contributed by atoms with Crippen molar-refractivity contribution in [3.63, 3.8) is 0 Å². The zero-order valence-corrected chi connectivity index (χ0v) is 14.9. The first kappa shape index (κ1) is 17.7. The van der Waals surface area contributed by atoms with Gasteiger partial charge in [-0.25, -0.2) is 4.98 Å². The zero-order valence-electron chi connectivity index (χ0n) is 14.1. The predicted octanol–water partition coefficient (Wildman–Crippen LogP) is 3.22. The summed E-state index contributed by atoms with van der Waals surface area (Å²) in [4.78, 5) is 27.3. The number of nitrogens with zero attached hydrogens (tertiary/aromatic N) is 3. The molecule has 0 aliphatic heterocycles. The quantitative estimate of drug-likeness (QED) is 0.405. The number of ether oxygens (including phenoxy) is 1. The van der Waals surface area contributed by atoms with Crippen LogP contribution in [0.15, 0.2) is 47.6 Å². The maximum Gasteiger partial charge on any atom is 0.296 e. The highest BCUT2D eigenvalue weighted by Crippen LogP contribution is 2.29. The number of aryl methyl sites for hydroxylation is 1. The molecule has 2 aromatic carbocycles. The molecule has 26 heavy (non-hydrogen) atoms. The lowest BCUT2D eigenvalue weighted by atomic mass is 10.2. The second-order valence-corrected chi connectivity index (χ2v) is 6.36. The number of nitro groups is 1. The molecule has 0 spiro atoms. The molecule has 0 unspecified atom stereocenters. The minimum atomic E-state index is -0.559. The molecule has 0 radical (unpaired) electrons. The summed E-state index contributed by atoms with van der Waals surface area (Å²) in [6, 6.07) is 12.0. The molecule has 3 rings (SSSR count). The third-order valence-electron chi connectivity index (χ3n) is 3.75. The van der Waals surface area contributed by atoms with Crippen molar-refractivity contribution in [3.05, 3.63) is 52.6 Å². The van der Waals surface area contributed by atoms with Crippen LogP contribution in [0.5, 0.6) is 5.75 Å². The van der Waals surface area contributed by atoms with Crippen molar-refractivity contribution >= 4 is 40.1 Å². The van der Waals surface area contributed by atoms with Crippen molar-refractivity contribution in [1.82, 2.24) is 9.55 Å². The summed E-state index contributed by atoms with van der Waals surface area (Å²) < 4.78 is 6.89. The number of carbonyl (C=O) groups is 1. The average Bonchev–Trinajstić information content (AvgIpc) is 2.96. The minimum Gasteiger partial charge on any atom is -0.496 e. The third kappa shape index (κ3) is 3.62. The van der Waals surface area contributed by atoms with Gasteiger partial charge in [0, 0.05) is 7.05 Å². The molecule has 0 aliphatic carbocycles. The Kier molecular flexibility index (Phi) is 5.08. The molecular weight excluding hydrogens is 356 g/mol. The first-order chi connectivity index (χ1) is 12.5. The molecule has 0 atom stereocenters. The van der Waals surface area contributed by atoms with E-state index in [2.05, 4.69) is 10.3 Å². The Morgan fingerprint density at radius 3 is 2.81 bits per heavy atom. The summed E-state index contributed by atoms with van der Waals surface area (Å²) in [5, 5.41) is 14.4. The molecule has 1 aromatic heterocycles. The molecule has 0 bridgehead atoms. The molecule has 1 N–H and O–H groups in total. The van der Waals surface area contributed by atoms with Gasteiger partial charge in [0.1, 0.15) is 11.4 Å². The van der Waals surface area contributed by atoms with E-state index < -0.39 is 4.92 Å². The molecule has 8 nitrogen and oxygen atoms in total. The van der Waals surface area contributed by atoms with Crippen LogP contribution in [0.1, 0.15) is 0 Å². The fourth-order valence-electron chi connectivity index (χ4n) is 2.46. The Morgan fingerprint density at radius 1 is 1.35 bits per heavy atom. The Balaban J connectivity index is 1.71. The summed E-state index contributed by atoms with van der Waals surface area (Å²) in [5.41, 5.74) is 1.74. The monoisotopic (exact) mass is 372 g/mol. The maximum atomic E-state index is 12.2. The van der Waals surface area contributed by atoms with Crippen LogP contribution in [0.25, 0.3) is 11.0 Å². The molecule has 0 fully saturated rings. The fraction of sp³-hybridized carbons (Fsp3) is 0.176. The van der Waals surface area contributed by atoms with Gasteiger partial charge in [-0.1, -0.05) is 23.9 Å². The highest BCUT2D eigenvalue weighted by molar-refractivity contribution is 7.99. The Morgan fingerprint density at radius 2 is 2.12 bits per heavy atom. The van der Waals surface area contributed by atoms with Crippen molar-refractivity contribution < 1.29 is 14.5 Å². The Labute approximate surface area is 153 Å². The number of methoxy groups -OCH3 is 1. The number of aromatic nitrogens is 2. The van der Waals surface area contributed by atoms with Crippen LogP contribution in [0, 0.1) is 10.1 Å². The molecule has 0 aliphatic rings. The van der Waals surface area contributed by atoms with Crippen molar-refractivity contribution in [2.24, 2.45) is 7.05 Å². The van der Waals surface area contributed by atoms with Gasteiger partial charge in [-0.15, -0.1) is 0 Å². The lowest BCUT2D eigenvalue weighted by Gasteiger charge is -2.07. The van der Waals surface area contributed by atoms with Gasteiger partial charge in [-0.05, 0) is 24.3 Å². The molecule has 0 saturated carbocycles. The first-order valence-corrected chi connectivity index (χ1v) is 8.64. The number of para-hydroxylation sites is 2. The summed E-state index contributed by atoms with van der Waals surface area (Å²) in [6.45, 7) is 0. The van der Waals surface area contributed by atoms with E-state index in [1.165, 1.54) is 31.0 Å². The van der Waals surface area contributed by atoms with Gasteiger partial charge in [0.2, 0.25) is 5.91 Å². The summed E-state index contributed by atoms with van der Waals surface area (Å²) in [7, 11) is 3.30. The van der Waals surface area contributed by atoms with Gasteiger partial charge in [0.05, 0.1) is 34.9 Å². The third-order valence-corrected chi connectivity index (χ3v) is 4.78. The number of imidazole rings is 1. The number of fused-ring (bicyclic) bond motifs is 1. The molecule has 134 valence electrons. The summed E-state index contributed by atoms with van der Waals surface area (Å²) in [5.74, 6) is 0.0828. The topological polar surface area (TPSA) is 99.3 Å². The highest BCUT2D eigenvalue weighted by Gasteiger charge is 2.18. The van der Waals surface area contributed by atoms with Crippen molar-refractivity contribution in [2.75, 3.05) is 18.2 Å². The van der Waals surface area contributed by atoms with Crippen LogP contribution in [0.3, 0.4) is 0 Å². The number of thioether (sulfide) groups is 1. The van der Waals surface area contributed by atoms with Crippen molar-refractivity contribution in [3.8, 4) is 5.75 Å². The lowest BCUT2D eigenvalue weighted by Crippen LogP contribution is -2.15. The van der Waals surface area contributed by atoms with E-state index in [-0.39, 0.29) is 23.0 Å². The molecule has 1 heterocycles. The van der Waals surface area contributed by atoms with Crippen LogP contribution >= 0.6 is 11.8 Å². The van der Waals surface area contributed by atoms with Gasteiger partial charge in [0.15, 0.2) is 5.16 Å². The van der Waals surface area contributed by atoms with Crippen molar-refractivity contribution in [1.29, 1.82) is 0 Å². The first-order valence-electron chi connectivity index (χ1n) is 7.66. The van der Waals surface area contributed by atoms with Crippen LogP contribution in [-0.2, 0) is 11.8 Å². The smallest absolute Gasteiger partial charge is 0.296 e. The number of nitrogens with one attached hydrogen (secondary N) is 1. The van der Waals surface area contributed by atoms with Gasteiger partial charge >= 0.3 is 0 Å². The van der Waals surface area contributed by atoms with E-state index in [1.807, 2.05) is 35.9 Å². The highest BCUT2D eigenvalue weighted by atomic mass is 32.2. The largest absolute Gasteiger partial charge is 0.496 e.